The van der Waals surface area contributed by atoms with E-state index in [0.29, 0.717) is 0 Å². The Morgan fingerprint density at radius 1 is 1.08 bits per heavy atom. The van der Waals surface area contributed by atoms with Crippen molar-refractivity contribution in [2.24, 2.45) is 4.99 Å². The Labute approximate surface area is 164 Å². The predicted molar refractivity (Wildman–Crippen MR) is 114 cm³/mol. The molecule has 0 saturated carbocycles. The van der Waals surface area contributed by atoms with E-state index in [-0.39, 0.29) is 29.5 Å². The van der Waals surface area contributed by atoms with Crippen LogP contribution in [-0.2, 0) is 6.42 Å². The van der Waals surface area contributed by atoms with Crippen molar-refractivity contribution in [3.63, 3.8) is 0 Å². The molecule has 1 aromatic rings. The van der Waals surface area contributed by atoms with Gasteiger partial charge < -0.3 is 20.7 Å². The quantitative estimate of drug-likeness (QED) is 0.248. The smallest absolute Gasteiger partial charge is 0.191 e. The lowest BCUT2D eigenvalue weighted by Crippen LogP contribution is -2.40. The number of benzene rings is 1. The van der Waals surface area contributed by atoms with Crippen molar-refractivity contribution in [1.29, 1.82) is 0 Å². The van der Waals surface area contributed by atoms with Crippen molar-refractivity contribution in [1.82, 2.24) is 16.0 Å². The van der Waals surface area contributed by atoms with E-state index in [2.05, 4.69) is 60.8 Å². The van der Waals surface area contributed by atoms with Crippen LogP contribution >= 0.6 is 24.0 Å². The fourth-order valence-corrected chi connectivity index (χ4v) is 2.06. The summed E-state index contributed by atoms with van der Waals surface area (Å²) in [4.78, 5) is 4.59. The van der Waals surface area contributed by atoms with Gasteiger partial charge in [-0.25, -0.2) is 0 Å². The normalized spacial score (nSPS) is 11.6. The summed E-state index contributed by atoms with van der Waals surface area (Å²) < 4.78 is 5.17. The van der Waals surface area contributed by atoms with Crippen LogP contribution in [0.3, 0.4) is 0 Å². The summed E-state index contributed by atoms with van der Waals surface area (Å²) in [5, 5.41) is 10.1. The van der Waals surface area contributed by atoms with E-state index >= 15 is 0 Å². The summed E-state index contributed by atoms with van der Waals surface area (Å²) in [5.41, 5.74) is 1.42. The summed E-state index contributed by atoms with van der Waals surface area (Å²) >= 11 is 0. The molecule has 0 radical (unpaired) electrons. The van der Waals surface area contributed by atoms with Crippen LogP contribution in [0.25, 0.3) is 0 Å². The average molecular weight is 448 g/mol. The van der Waals surface area contributed by atoms with Crippen molar-refractivity contribution < 1.29 is 4.74 Å². The van der Waals surface area contributed by atoms with Gasteiger partial charge in [-0.05, 0) is 51.8 Å². The van der Waals surface area contributed by atoms with E-state index in [0.717, 1.165) is 44.3 Å². The summed E-state index contributed by atoms with van der Waals surface area (Å²) in [6.07, 6.45) is 0.953. The number of guanidine groups is 1. The Hall–Kier alpha value is -1.02. The number of nitrogens with one attached hydrogen (secondary N) is 3. The largest absolute Gasteiger partial charge is 0.497 e. The molecular weight excluding hydrogens is 415 g/mol. The molecule has 24 heavy (non-hydrogen) atoms. The fourth-order valence-electron chi connectivity index (χ4n) is 2.06. The average Bonchev–Trinajstić information content (AvgIpc) is 2.51. The molecule has 0 aliphatic heterocycles. The van der Waals surface area contributed by atoms with Gasteiger partial charge in [0.15, 0.2) is 5.96 Å². The van der Waals surface area contributed by atoms with Gasteiger partial charge >= 0.3 is 0 Å². The third-order valence-electron chi connectivity index (χ3n) is 3.25. The minimum Gasteiger partial charge on any atom is -0.497 e. The van der Waals surface area contributed by atoms with E-state index in [4.69, 9.17) is 4.74 Å². The lowest BCUT2D eigenvalue weighted by atomic mass is 10.1. The third kappa shape index (κ3) is 10.7. The molecule has 0 aromatic heterocycles. The zero-order valence-electron chi connectivity index (χ0n) is 15.6. The molecule has 0 aliphatic carbocycles. The monoisotopic (exact) mass is 448 g/mol. The first-order chi connectivity index (χ1) is 10.9. The number of aliphatic imine (C=N–C) groups is 1. The molecule has 5 nitrogen and oxygen atoms in total. The van der Waals surface area contributed by atoms with Gasteiger partial charge in [0.25, 0.3) is 0 Å². The first kappa shape index (κ1) is 23.0. The minimum atomic E-state index is 0. The van der Waals surface area contributed by atoms with Crippen molar-refractivity contribution in [2.75, 3.05) is 33.3 Å². The highest BCUT2D eigenvalue weighted by Gasteiger charge is 2.07. The molecule has 0 unspecified atom stereocenters. The fraction of sp³-hybridized carbons (Fsp3) is 0.611. The highest BCUT2D eigenvalue weighted by molar-refractivity contribution is 14.0. The van der Waals surface area contributed by atoms with Crippen LogP contribution in [0.2, 0.25) is 0 Å². The molecule has 0 fully saturated rings. The molecular formula is C18H33IN4O. The molecule has 0 aliphatic rings. The third-order valence-corrected chi connectivity index (χ3v) is 3.25. The molecule has 6 heteroatoms. The number of hydrogen-bond acceptors (Lipinski definition) is 3. The number of rotatable bonds is 8. The number of halogens is 1. The standard InChI is InChI=1S/C18H32N4O.HI/c1-6-19-17(21-13-14-22-18(2,3)4)20-12-11-15-7-9-16(23-5)10-8-15;/h7-10,22H,6,11-14H2,1-5H3,(H2,19,20,21);1H. The molecule has 0 amide bonds. The van der Waals surface area contributed by atoms with Gasteiger partial charge in [0, 0.05) is 25.2 Å². The molecule has 0 heterocycles. The zero-order valence-corrected chi connectivity index (χ0v) is 17.9. The second kappa shape index (κ2) is 12.4. The molecule has 1 rings (SSSR count). The van der Waals surface area contributed by atoms with Gasteiger partial charge in [-0.3, -0.25) is 4.99 Å². The van der Waals surface area contributed by atoms with Crippen molar-refractivity contribution in [3.8, 4) is 5.75 Å². The SMILES string of the molecule is CCNC(=NCCNC(C)(C)C)NCCc1ccc(OC)cc1.I. The number of methoxy groups -OCH3 is 1. The molecule has 0 bridgehead atoms. The topological polar surface area (TPSA) is 57.7 Å². The second-order valence-electron chi connectivity index (χ2n) is 6.46. The van der Waals surface area contributed by atoms with E-state index in [9.17, 15) is 0 Å². The van der Waals surface area contributed by atoms with Crippen LogP contribution in [-0.4, -0.2) is 44.8 Å². The maximum atomic E-state index is 5.17. The summed E-state index contributed by atoms with van der Waals surface area (Å²) in [7, 11) is 1.68. The van der Waals surface area contributed by atoms with Gasteiger partial charge in [-0.2, -0.15) is 0 Å². The van der Waals surface area contributed by atoms with Gasteiger partial charge in [0.2, 0.25) is 0 Å². The van der Waals surface area contributed by atoms with Gasteiger partial charge in [-0.1, -0.05) is 12.1 Å². The van der Waals surface area contributed by atoms with E-state index in [1.165, 1.54) is 5.56 Å². The lowest BCUT2D eigenvalue weighted by molar-refractivity contribution is 0.414. The maximum absolute atomic E-state index is 5.17. The number of hydrogen-bond donors (Lipinski definition) is 3. The number of ether oxygens (including phenoxy) is 1. The summed E-state index contributed by atoms with van der Waals surface area (Å²) in [5.74, 6) is 1.76. The van der Waals surface area contributed by atoms with Crippen LogP contribution < -0.4 is 20.7 Å². The highest BCUT2D eigenvalue weighted by Crippen LogP contribution is 2.11. The van der Waals surface area contributed by atoms with Crippen LogP contribution in [0.1, 0.15) is 33.3 Å². The molecule has 0 saturated heterocycles. The zero-order chi connectivity index (χ0) is 17.1. The predicted octanol–water partition coefficient (Wildman–Crippen LogP) is 2.80. The van der Waals surface area contributed by atoms with Crippen LogP contribution in [0.4, 0.5) is 0 Å². The summed E-state index contributed by atoms with van der Waals surface area (Å²) in [6.45, 7) is 11.9. The van der Waals surface area contributed by atoms with E-state index in [1.54, 1.807) is 7.11 Å². The highest BCUT2D eigenvalue weighted by atomic mass is 127. The first-order valence-corrected chi connectivity index (χ1v) is 8.34. The Morgan fingerprint density at radius 3 is 2.29 bits per heavy atom. The van der Waals surface area contributed by atoms with Gasteiger partial charge in [0.05, 0.1) is 13.7 Å². The second-order valence-corrected chi connectivity index (χ2v) is 6.46. The van der Waals surface area contributed by atoms with Crippen molar-refractivity contribution in [2.45, 2.75) is 39.7 Å². The van der Waals surface area contributed by atoms with Crippen LogP contribution in [0.5, 0.6) is 5.75 Å². The first-order valence-electron chi connectivity index (χ1n) is 8.34. The molecule has 0 spiro atoms. The van der Waals surface area contributed by atoms with Crippen LogP contribution in [0.15, 0.2) is 29.3 Å². The lowest BCUT2D eigenvalue weighted by Gasteiger charge is -2.20. The molecule has 3 N–H and O–H groups in total. The Kier molecular flexibility index (Phi) is 11.8. The molecule has 0 atom stereocenters. The Balaban J connectivity index is 0.00000529. The minimum absolute atomic E-state index is 0. The van der Waals surface area contributed by atoms with E-state index in [1.807, 2.05) is 12.1 Å². The molecule has 138 valence electrons. The Bertz CT molecular complexity index is 469. The van der Waals surface area contributed by atoms with Crippen LogP contribution in [0, 0.1) is 0 Å². The van der Waals surface area contributed by atoms with Gasteiger partial charge in [0.1, 0.15) is 5.75 Å². The Morgan fingerprint density at radius 2 is 1.75 bits per heavy atom. The summed E-state index contributed by atoms with van der Waals surface area (Å²) in [6, 6.07) is 8.18. The molecule has 1 aromatic carbocycles. The number of nitrogens with zero attached hydrogens (tertiary/aromatic N) is 1. The van der Waals surface area contributed by atoms with Crippen molar-refractivity contribution in [3.05, 3.63) is 29.8 Å². The van der Waals surface area contributed by atoms with Crippen molar-refractivity contribution >= 4 is 29.9 Å². The maximum Gasteiger partial charge on any atom is 0.191 e. The van der Waals surface area contributed by atoms with E-state index < -0.39 is 0 Å². The van der Waals surface area contributed by atoms with Gasteiger partial charge in [-0.15, -0.1) is 24.0 Å².